The maximum atomic E-state index is 6.35. The number of aryl methyl sites for hydroxylation is 1. The highest BCUT2D eigenvalue weighted by Crippen LogP contribution is 2.57. The highest BCUT2D eigenvalue weighted by atomic mass is 79.9. The van der Waals surface area contributed by atoms with E-state index in [1.807, 2.05) is 11.3 Å². The van der Waals surface area contributed by atoms with Crippen LogP contribution in [0, 0.1) is 24.7 Å². The molecule has 0 aromatic carbocycles. The summed E-state index contributed by atoms with van der Waals surface area (Å²) < 4.78 is 1.25. The highest BCUT2D eigenvalue weighted by molar-refractivity contribution is 9.11. The number of fused-ring (bicyclic) bond motifs is 1. The number of nitrogens with two attached hydrogens (primary N) is 1. The Bertz CT molecular complexity index is 357. The van der Waals surface area contributed by atoms with Gasteiger partial charge in [0, 0.05) is 10.9 Å². The first-order valence-electron chi connectivity index (χ1n) is 5.66. The second-order valence-corrected chi connectivity index (χ2v) is 7.52. The van der Waals surface area contributed by atoms with Crippen molar-refractivity contribution < 1.29 is 0 Å². The smallest absolute Gasteiger partial charge is 0.0731 e. The Morgan fingerprint density at radius 3 is 2.60 bits per heavy atom. The summed E-state index contributed by atoms with van der Waals surface area (Å²) in [6.07, 6.45) is 4.23. The van der Waals surface area contributed by atoms with Crippen molar-refractivity contribution in [1.82, 2.24) is 0 Å². The lowest BCUT2D eigenvalue weighted by Gasteiger charge is -2.19. The van der Waals surface area contributed by atoms with Crippen molar-refractivity contribution in [2.24, 2.45) is 23.5 Å². The fraction of sp³-hybridized carbons (Fsp3) is 0.667. The largest absolute Gasteiger partial charge is 0.323 e. The summed E-state index contributed by atoms with van der Waals surface area (Å²) in [4.78, 5) is 1.37. The van der Waals surface area contributed by atoms with Crippen LogP contribution in [0.5, 0.6) is 0 Å². The van der Waals surface area contributed by atoms with Crippen LogP contribution in [0.25, 0.3) is 0 Å². The average molecular weight is 286 g/mol. The van der Waals surface area contributed by atoms with E-state index in [1.54, 1.807) is 0 Å². The van der Waals surface area contributed by atoms with Crippen molar-refractivity contribution in [1.29, 1.82) is 0 Å². The van der Waals surface area contributed by atoms with Gasteiger partial charge in [-0.05, 0) is 71.5 Å². The van der Waals surface area contributed by atoms with Crippen molar-refractivity contribution in [3.05, 3.63) is 20.3 Å². The molecule has 0 saturated heterocycles. The Morgan fingerprint density at radius 1 is 1.40 bits per heavy atom. The molecule has 2 saturated carbocycles. The van der Waals surface area contributed by atoms with Gasteiger partial charge in [0.2, 0.25) is 0 Å². The maximum Gasteiger partial charge on any atom is 0.0731 e. The van der Waals surface area contributed by atoms with Gasteiger partial charge in [-0.3, -0.25) is 0 Å². The SMILES string of the molecule is Cc1cc(C(N)C2CC3CC3C2)sc1Br. The van der Waals surface area contributed by atoms with Crippen molar-refractivity contribution in [3.8, 4) is 0 Å². The molecular formula is C12H16BrNS. The zero-order chi connectivity index (χ0) is 10.6. The number of thiophene rings is 1. The normalized spacial score (nSPS) is 35.3. The van der Waals surface area contributed by atoms with E-state index in [4.69, 9.17) is 5.73 Å². The van der Waals surface area contributed by atoms with Crippen molar-refractivity contribution in [2.75, 3.05) is 0 Å². The average Bonchev–Trinajstić information content (AvgIpc) is 2.66. The number of hydrogen-bond acceptors (Lipinski definition) is 2. The third-order valence-electron chi connectivity index (χ3n) is 3.99. The van der Waals surface area contributed by atoms with Gasteiger partial charge in [-0.15, -0.1) is 11.3 Å². The Hall–Kier alpha value is 0.140. The second-order valence-electron chi connectivity index (χ2n) is 5.12. The molecule has 0 spiro atoms. The summed E-state index contributed by atoms with van der Waals surface area (Å²) in [5.41, 5.74) is 7.68. The molecule has 15 heavy (non-hydrogen) atoms. The van der Waals surface area contributed by atoms with Crippen molar-refractivity contribution >= 4 is 27.3 Å². The highest BCUT2D eigenvalue weighted by Gasteiger charge is 2.47. The molecule has 2 fully saturated rings. The first-order valence-corrected chi connectivity index (χ1v) is 7.27. The lowest BCUT2D eigenvalue weighted by Crippen LogP contribution is -2.19. The Morgan fingerprint density at radius 2 is 2.07 bits per heavy atom. The van der Waals surface area contributed by atoms with E-state index in [0.717, 1.165) is 17.8 Å². The lowest BCUT2D eigenvalue weighted by atomic mass is 9.94. The molecule has 0 radical (unpaired) electrons. The summed E-state index contributed by atoms with van der Waals surface area (Å²) >= 11 is 5.39. The van der Waals surface area contributed by atoms with Crippen LogP contribution in [-0.4, -0.2) is 0 Å². The summed E-state index contributed by atoms with van der Waals surface area (Å²) in [5.74, 6) is 2.81. The third kappa shape index (κ3) is 1.79. The van der Waals surface area contributed by atoms with Crippen LogP contribution in [0.1, 0.15) is 35.7 Å². The predicted octanol–water partition coefficient (Wildman–Crippen LogP) is 3.86. The summed E-state index contributed by atoms with van der Waals surface area (Å²) in [7, 11) is 0. The van der Waals surface area contributed by atoms with Crippen LogP contribution < -0.4 is 5.73 Å². The van der Waals surface area contributed by atoms with Crippen LogP contribution in [0.4, 0.5) is 0 Å². The minimum atomic E-state index is 0.285. The molecule has 2 N–H and O–H groups in total. The molecule has 3 atom stereocenters. The molecule has 1 heterocycles. The van der Waals surface area contributed by atoms with E-state index in [1.165, 1.54) is 33.5 Å². The minimum absolute atomic E-state index is 0.285. The van der Waals surface area contributed by atoms with Crippen molar-refractivity contribution in [3.63, 3.8) is 0 Å². The minimum Gasteiger partial charge on any atom is -0.323 e. The van der Waals surface area contributed by atoms with Crippen LogP contribution in [0.3, 0.4) is 0 Å². The Labute approximate surface area is 103 Å². The number of hydrogen-bond donors (Lipinski definition) is 1. The van der Waals surface area contributed by atoms with Gasteiger partial charge >= 0.3 is 0 Å². The van der Waals surface area contributed by atoms with E-state index in [9.17, 15) is 0 Å². The zero-order valence-electron chi connectivity index (χ0n) is 8.87. The van der Waals surface area contributed by atoms with Gasteiger partial charge in [0.05, 0.1) is 3.79 Å². The van der Waals surface area contributed by atoms with E-state index in [2.05, 4.69) is 28.9 Å². The summed E-state index contributed by atoms with van der Waals surface area (Å²) in [6.45, 7) is 2.14. The molecule has 1 nitrogen and oxygen atoms in total. The van der Waals surface area contributed by atoms with Gasteiger partial charge in [-0.2, -0.15) is 0 Å². The van der Waals surface area contributed by atoms with E-state index >= 15 is 0 Å². The topological polar surface area (TPSA) is 26.0 Å². The van der Waals surface area contributed by atoms with Gasteiger partial charge < -0.3 is 5.73 Å². The molecule has 82 valence electrons. The van der Waals surface area contributed by atoms with E-state index < -0.39 is 0 Å². The molecule has 2 aliphatic rings. The standard InChI is InChI=1S/C12H16BrNS/c1-6-2-10(15-12(6)13)11(14)9-4-7-3-8(7)5-9/h2,7-9,11H,3-5,14H2,1H3. The van der Waals surface area contributed by atoms with Gasteiger partial charge in [0.1, 0.15) is 0 Å². The summed E-state index contributed by atoms with van der Waals surface area (Å²) in [5, 5.41) is 0. The fourth-order valence-electron chi connectivity index (χ4n) is 2.93. The molecule has 1 aromatic rings. The molecule has 0 bridgehead atoms. The Balaban J connectivity index is 1.76. The molecule has 3 heteroatoms. The molecule has 0 aliphatic heterocycles. The first kappa shape index (κ1) is 10.3. The third-order valence-corrected chi connectivity index (χ3v) is 6.23. The van der Waals surface area contributed by atoms with Gasteiger partial charge in [-0.25, -0.2) is 0 Å². The monoisotopic (exact) mass is 285 g/mol. The second kappa shape index (κ2) is 3.57. The number of halogens is 1. The maximum absolute atomic E-state index is 6.35. The van der Waals surface area contributed by atoms with Gasteiger partial charge in [0.15, 0.2) is 0 Å². The predicted molar refractivity (Wildman–Crippen MR) is 68.0 cm³/mol. The van der Waals surface area contributed by atoms with Crippen LogP contribution >= 0.6 is 27.3 Å². The van der Waals surface area contributed by atoms with Crippen LogP contribution in [0.15, 0.2) is 9.85 Å². The van der Waals surface area contributed by atoms with Gasteiger partial charge in [-0.1, -0.05) is 0 Å². The molecule has 1 aromatic heterocycles. The van der Waals surface area contributed by atoms with E-state index in [0.29, 0.717) is 0 Å². The quantitative estimate of drug-likeness (QED) is 0.877. The van der Waals surface area contributed by atoms with E-state index in [-0.39, 0.29) is 6.04 Å². The summed E-state index contributed by atoms with van der Waals surface area (Å²) in [6, 6.07) is 2.54. The fourth-order valence-corrected chi connectivity index (χ4v) is 4.60. The molecule has 2 aliphatic carbocycles. The van der Waals surface area contributed by atoms with Crippen molar-refractivity contribution in [2.45, 2.75) is 32.2 Å². The first-order chi connectivity index (χ1) is 7.15. The lowest BCUT2D eigenvalue weighted by molar-refractivity contribution is 0.408. The molecule has 3 rings (SSSR count). The molecular weight excluding hydrogens is 270 g/mol. The Kier molecular flexibility index (Phi) is 2.45. The van der Waals surface area contributed by atoms with Crippen LogP contribution in [-0.2, 0) is 0 Å². The number of rotatable bonds is 2. The zero-order valence-corrected chi connectivity index (χ0v) is 11.3. The van der Waals surface area contributed by atoms with Crippen LogP contribution in [0.2, 0.25) is 0 Å². The molecule has 0 amide bonds. The van der Waals surface area contributed by atoms with Gasteiger partial charge in [0.25, 0.3) is 0 Å². The molecule has 3 unspecified atom stereocenters.